The van der Waals surface area contributed by atoms with E-state index in [2.05, 4.69) is 15.3 Å². The van der Waals surface area contributed by atoms with Crippen LogP contribution in [-0.4, -0.2) is 41.0 Å². The average Bonchev–Trinajstić information content (AvgIpc) is 3.44. The lowest BCUT2D eigenvalue weighted by Crippen LogP contribution is -2.23. The highest BCUT2D eigenvalue weighted by Crippen LogP contribution is 2.28. The molecule has 4 aromatic rings. The second-order valence-corrected chi connectivity index (χ2v) is 12.0. The summed E-state index contributed by atoms with van der Waals surface area (Å²) in [6, 6.07) is 9.85. The predicted octanol–water partition coefficient (Wildman–Crippen LogP) is 3.36. The highest BCUT2D eigenvalue weighted by Gasteiger charge is 2.22. The molecule has 1 aromatic carbocycles. The van der Waals surface area contributed by atoms with Crippen LogP contribution in [0.5, 0.6) is 0 Å². The van der Waals surface area contributed by atoms with E-state index in [1.54, 1.807) is 25.1 Å². The molecule has 0 unspecified atom stereocenters. The summed E-state index contributed by atoms with van der Waals surface area (Å²) in [6.45, 7) is 2.58. The molecule has 0 atom stereocenters. The van der Waals surface area contributed by atoms with Crippen LogP contribution in [-0.2, 0) is 27.5 Å². The van der Waals surface area contributed by atoms with Crippen LogP contribution in [0.1, 0.15) is 17.0 Å². The minimum Gasteiger partial charge on any atom is -0.384 e. The number of hydrogen-bond acceptors (Lipinski definition) is 8. The number of Topliss-reactive ketones (excluding diaryl/α,β-unsaturated/α-hetero) is 1. The Kier molecular flexibility index (Phi) is 5.75. The van der Waals surface area contributed by atoms with E-state index in [0.717, 1.165) is 35.6 Å². The number of rotatable bonds is 6. The molecule has 34 heavy (non-hydrogen) atoms. The molecule has 3 aromatic heterocycles. The van der Waals surface area contributed by atoms with Gasteiger partial charge in [0, 0.05) is 30.4 Å². The number of aryl methyl sites for hydroxylation is 1. The molecule has 4 heterocycles. The SMILES string of the molecule is Cc1nc2c3c(ccc2c(=O)n1-c1ccc(CC(=O)CS(=O)(=O)c2ccc(Cl)s2)cn1)NCC3. The number of hydrogen-bond donors (Lipinski definition) is 1. The van der Waals surface area contributed by atoms with Gasteiger partial charge in [0.15, 0.2) is 15.6 Å². The summed E-state index contributed by atoms with van der Waals surface area (Å²) in [4.78, 5) is 34.7. The van der Waals surface area contributed by atoms with Crippen LogP contribution in [0.4, 0.5) is 5.69 Å². The number of thiophene rings is 1. The van der Waals surface area contributed by atoms with Gasteiger partial charge < -0.3 is 5.32 Å². The molecular weight excluding hydrogens is 496 g/mol. The number of aromatic nitrogens is 3. The third kappa shape index (κ3) is 4.13. The summed E-state index contributed by atoms with van der Waals surface area (Å²) in [5, 5.41) is 3.81. The van der Waals surface area contributed by atoms with Crippen LogP contribution in [0.2, 0.25) is 4.34 Å². The van der Waals surface area contributed by atoms with Crippen LogP contribution >= 0.6 is 22.9 Å². The summed E-state index contributed by atoms with van der Waals surface area (Å²) in [5.74, 6) is -0.178. The third-order valence-electron chi connectivity index (χ3n) is 5.65. The zero-order chi connectivity index (χ0) is 24.0. The van der Waals surface area contributed by atoms with Gasteiger partial charge in [-0.25, -0.2) is 23.0 Å². The van der Waals surface area contributed by atoms with Crippen molar-refractivity contribution in [3.8, 4) is 5.82 Å². The van der Waals surface area contributed by atoms with Crippen molar-refractivity contribution in [2.75, 3.05) is 17.6 Å². The van der Waals surface area contributed by atoms with Crippen molar-refractivity contribution in [1.82, 2.24) is 14.5 Å². The molecule has 0 bridgehead atoms. The van der Waals surface area contributed by atoms with Crippen LogP contribution in [0, 0.1) is 6.92 Å². The van der Waals surface area contributed by atoms with Crippen molar-refractivity contribution >= 4 is 55.1 Å². The maximum absolute atomic E-state index is 13.2. The number of ketones is 1. The third-order valence-corrected chi connectivity index (χ3v) is 9.14. The van der Waals surface area contributed by atoms with E-state index in [0.29, 0.717) is 32.4 Å². The molecule has 11 heteroatoms. The van der Waals surface area contributed by atoms with Crippen LogP contribution < -0.4 is 10.9 Å². The summed E-state index contributed by atoms with van der Waals surface area (Å²) in [7, 11) is -3.74. The van der Waals surface area contributed by atoms with E-state index in [1.165, 1.54) is 22.9 Å². The number of fused-ring (bicyclic) bond motifs is 3. The van der Waals surface area contributed by atoms with E-state index in [9.17, 15) is 18.0 Å². The van der Waals surface area contributed by atoms with E-state index in [4.69, 9.17) is 11.6 Å². The number of anilines is 1. The lowest BCUT2D eigenvalue weighted by Gasteiger charge is -2.12. The fraction of sp³-hybridized carbons (Fsp3) is 0.217. The lowest BCUT2D eigenvalue weighted by molar-refractivity contribution is -0.116. The average molecular weight is 515 g/mol. The Bertz CT molecular complexity index is 1610. The normalized spacial score (nSPS) is 13.1. The number of halogens is 1. The number of nitrogens with zero attached hydrogens (tertiary/aromatic N) is 3. The quantitative estimate of drug-likeness (QED) is 0.420. The predicted molar refractivity (Wildman–Crippen MR) is 132 cm³/mol. The Morgan fingerprint density at radius 3 is 2.74 bits per heavy atom. The largest absolute Gasteiger partial charge is 0.384 e. The van der Waals surface area contributed by atoms with Gasteiger partial charge in [0.05, 0.1) is 15.2 Å². The first-order valence-electron chi connectivity index (χ1n) is 10.5. The molecule has 0 radical (unpaired) electrons. The summed E-state index contributed by atoms with van der Waals surface area (Å²) in [6.07, 6.45) is 2.21. The first kappa shape index (κ1) is 22.7. The summed E-state index contributed by atoms with van der Waals surface area (Å²) in [5.41, 5.74) is 3.10. The monoisotopic (exact) mass is 514 g/mol. The first-order valence-corrected chi connectivity index (χ1v) is 13.3. The summed E-state index contributed by atoms with van der Waals surface area (Å²) >= 11 is 6.73. The maximum Gasteiger partial charge on any atom is 0.267 e. The lowest BCUT2D eigenvalue weighted by atomic mass is 10.1. The number of carbonyl (C=O) groups excluding carboxylic acids is 1. The van der Waals surface area contributed by atoms with Crippen LogP contribution in [0.25, 0.3) is 16.7 Å². The Morgan fingerprint density at radius 1 is 1.21 bits per heavy atom. The van der Waals surface area contributed by atoms with Gasteiger partial charge in [-0.1, -0.05) is 17.7 Å². The Balaban J connectivity index is 1.39. The number of carbonyl (C=O) groups is 1. The fourth-order valence-electron chi connectivity index (χ4n) is 4.11. The molecule has 174 valence electrons. The molecule has 0 saturated carbocycles. The van der Waals surface area contributed by atoms with Gasteiger partial charge in [-0.2, -0.15) is 0 Å². The molecule has 0 aliphatic carbocycles. The van der Waals surface area contributed by atoms with E-state index < -0.39 is 21.4 Å². The molecule has 0 spiro atoms. The second-order valence-electron chi connectivity index (χ2n) is 8.02. The number of sulfone groups is 1. The number of nitrogens with one attached hydrogen (secondary N) is 1. The highest BCUT2D eigenvalue weighted by molar-refractivity contribution is 7.94. The van der Waals surface area contributed by atoms with Crippen LogP contribution in [0.15, 0.2) is 51.6 Å². The van der Waals surface area contributed by atoms with Crippen molar-refractivity contribution in [1.29, 1.82) is 0 Å². The molecule has 0 amide bonds. The van der Waals surface area contributed by atoms with Crippen molar-refractivity contribution in [3.63, 3.8) is 0 Å². The molecule has 1 N–H and O–H groups in total. The Hall–Kier alpha value is -3.08. The van der Waals surface area contributed by atoms with Gasteiger partial charge in [-0.3, -0.25) is 9.59 Å². The van der Waals surface area contributed by atoms with Crippen molar-refractivity contribution in [2.45, 2.75) is 24.0 Å². The van der Waals surface area contributed by atoms with E-state index in [-0.39, 0.29) is 16.2 Å². The van der Waals surface area contributed by atoms with Gasteiger partial charge in [0.2, 0.25) is 0 Å². The number of pyridine rings is 1. The number of benzene rings is 1. The standard InChI is InChI=1S/C23H19ClN4O4S2/c1-13-27-22-16-8-9-25-18(16)4-3-17(22)23(30)28(13)20-6-2-14(11-26-20)10-15(29)12-34(31,32)21-7-5-19(24)33-21/h2-7,11,25H,8-10,12H2,1H3. The minimum atomic E-state index is -3.74. The molecule has 1 aliphatic heterocycles. The van der Waals surface area contributed by atoms with Crippen molar-refractivity contribution in [2.24, 2.45) is 0 Å². The highest BCUT2D eigenvalue weighted by atomic mass is 35.5. The first-order chi connectivity index (χ1) is 16.2. The zero-order valence-electron chi connectivity index (χ0n) is 18.0. The minimum absolute atomic E-state index is 0.0689. The van der Waals surface area contributed by atoms with Gasteiger partial charge >= 0.3 is 0 Å². The van der Waals surface area contributed by atoms with Gasteiger partial charge in [0.1, 0.15) is 21.6 Å². The fourth-order valence-corrected chi connectivity index (χ4v) is 6.92. The molecule has 0 saturated heterocycles. The molecule has 1 aliphatic rings. The van der Waals surface area contributed by atoms with E-state index in [1.807, 2.05) is 6.07 Å². The molecular formula is C23H19ClN4O4S2. The maximum atomic E-state index is 13.2. The van der Waals surface area contributed by atoms with Gasteiger partial charge in [-0.15, -0.1) is 11.3 Å². The van der Waals surface area contributed by atoms with Gasteiger partial charge in [0.25, 0.3) is 5.56 Å². The Morgan fingerprint density at radius 2 is 2.03 bits per heavy atom. The molecule has 0 fully saturated rings. The topological polar surface area (TPSA) is 111 Å². The van der Waals surface area contributed by atoms with Crippen molar-refractivity contribution < 1.29 is 13.2 Å². The van der Waals surface area contributed by atoms with Crippen LogP contribution in [0.3, 0.4) is 0 Å². The molecule has 5 rings (SSSR count). The molecule has 8 nitrogen and oxygen atoms in total. The Labute approximate surface area is 204 Å². The summed E-state index contributed by atoms with van der Waals surface area (Å²) < 4.78 is 26.7. The van der Waals surface area contributed by atoms with E-state index >= 15 is 0 Å². The van der Waals surface area contributed by atoms with Crippen molar-refractivity contribution in [3.05, 3.63) is 74.2 Å². The smallest absolute Gasteiger partial charge is 0.267 e. The zero-order valence-corrected chi connectivity index (χ0v) is 20.4. The second kappa shape index (κ2) is 8.61. The van der Waals surface area contributed by atoms with Gasteiger partial charge in [-0.05, 0) is 49.2 Å².